The third-order valence-corrected chi connectivity index (χ3v) is 3.47. The molecule has 1 aliphatic rings. The van der Waals surface area contributed by atoms with Crippen LogP contribution in [0.2, 0.25) is 0 Å². The molecule has 1 aromatic rings. The fraction of sp³-hybridized carbons (Fsp3) is 0.500. The van der Waals surface area contributed by atoms with Crippen molar-refractivity contribution >= 4 is 17.3 Å². The molecule has 0 heterocycles. The number of alkyl halides is 1. The first-order valence-electron chi connectivity index (χ1n) is 5.61. The highest BCUT2D eigenvalue weighted by Gasteiger charge is 2.42. The molecule has 2 rings (SSSR count). The van der Waals surface area contributed by atoms with Gasteiger partial charge < -0.3 is 9.47 Å². The van der Waals surface area contributed by atoms with E-state index in [0.717, 1.165) is 5.56 Å². The maximum atomic E-state index is 10.9. The Morgan fingerprint density at radius 3 is 2.78 bits per heavy atom. The molecule has 0 aromatic heterocycles. The van der Waals surface area contributed by atoms with E-state index in [2.05, 4.69) is 0 Å². The normalized spacial score (nSPS) is 26.5. The number of halogens is 1. The van der Waals surface area contributed by atoms with Crippen LogP contribution < -0.4 is 4.74 Å². The molecule has 0 aliphatic heterocycles. The van der Waals surface area contributed by atoms with Crippen molar-refractivity contribution in [3.63, 3.8) is 0 Å². The molecule has 1 aromatic carbocycles. The monoisotopic (exact) mass is 271 g/mol. The summed E-state index contributed by atoms with van der Waals surface area (Å²) in [5.74, 6) is 0.265. The summed E-state index contributed by atoms with van der Waals surface area (Å²) in [6.07, 6.45) is 0.192. The third kappa shape index (κ3) is 2.42. The molecule has 3 atom stereocenters. The number of methoxy groups -OCH3 is 1. The Morgan fingerprint density at radius 1 is 1.50 bits per heavy atom. The summed E-state index contributed by atoms with van der Waals surface area (Å²) >= 11 is 5.96. The van der Waals surface area contributed by atoms with Crippen LogP contribution in [0.25, 0.3) is 0 Å². The topological polar surface area (TPSA) is 61.6 Å². The van der Waals surface area contributed by atoms with Crippen LogP contribution >= 0.6 is 11.6 Å². The molecule has 0 amide bonds. The fourth-order valence-corrected chi connectivity index (χ4v) is 2.42. The van der Waals surface area contributed by atoms with Crippen LogP contribution in [0.15, 0.2) is 18.2 Å². The van der Waals surface area contributed by atoms with Gasteiger partial charge in [-0.1, -0.05) is 6.07 Å². The molecular weight excluding hydrogens is 258 g/mol. The van der Waals surface area contributed by atoms with Gasteiger partial charge in [-0.2, -0.15) is 0 Å². The molecule has 0 saturated heterocycles. The van der Waals surface area contributed by atoms with Crippen molar-refractivity contribution in [3.8, 4) is 5.75 Å². The molecule has 0 radical (unpaired) electrons. The van der Waals surface area contributed by atoms with E-state index in [1.54, 1.807) is 26.2 Å². The van der Waals surface area contributed by atoms with E-state index < -0.39 is 4.92 Å². The van der Waals surface area contributed by atoms with E-state index in [1.807, 2.05) is 0 Å². The van der Waals surface area contributed by atoms with Gasteiger partial charge >= 0.3 is 5.69 Å². The van der Waals surface area contributed by atoms with E-state index >= 15 is 0 Å². The van der Waals surface area contributed by atoms with Gasteiger partial charge in [-0.05, 0) is 18.6 Å². The van der Waals surface area contributed by atoms with Crippen molar-refractivity contribution in [1.29, 1.82) is 0 Å². The second-order valence-electron chi connectivity index (χ2n) is 4.34. The molecule has 0 spiro atoms. The Labute approximate surface area is 110 Å². The van der Waals surface area contributed by atoms with Gasteiger partial charge in [0.2, 0.25) is 0 Å². The fourth-order valence-electron chi connectivity index (χ4n) is 1.97. The smallest absolute Gasteiger partial charge is 0.311 e. The number of benzene rings is 1. The Hall–Kier alpha value is -1.33. The Morgan fingerprint density at radius 2 is 2.22 bits per heavy atom. The van der Waals surface area contributed by atoms with Crippen molar-refractivity contribution in [2.75, 3.05) is 7.11 Å². The summed E-state index contributed by atoms with van der Waals surface area (Å²) in [7, 11) is 1.55. The number of hydrogen-bond donors (Lipinski definition) is 0. The highest BCUT2D eigenvalue weighted by Crippen LogP contribution is 2.36. The van der Waals surface area contributed by atoms with Crippen LogP contribution in [0.1, 0.15) is 12.0 Å². The average molecular weight is 272 g/mol. The molecule has 18 heavy (non-hydrogen) atoms. The van der Waals surface area contributed by atoms with E-state index in [0.29, 0.717) is 6.42 Å². The number of nitro benzene ring substituents is 1. The second kappa shape index (κ2) is 5.12. The molecule has 3 unspecified atom stereocenters. The zero-order valence-corrected chi connectivity index (χ0v) is 10.9. The van der Waals surface area contributed by atoms with Gasteiger partial charge in [-0.3, -0.25) is 10.1 Å². The summed E-state index contributed by atoms with van der Waals surface area (Å²) in [5, 5.41) is 10.9. The minimum Gasteiger partial charge on any atom is -0.481 e. The molecule has 98 valence electrons. The van der Waals surface area contributed by atoms with Crippen molar-refractivity contribution in [2.45, 2.75) is 30.9 Å². The second-order valence-corrected chi connectivity index (χ2v) is 4.90. The first-order valence-corrected chi connectivity index (χ1v) is 6.05. The highest BCUT2D eigenvalue weighted by atomic mass is 35.5. The van der Waals surface area contributed by atoms with Gasteiger partial charge in [0.1, 0.15) is 12.2 Å². The number of aryl methyl sites for hydroxylation is 1. The van der Waals surface area contributed by atoms with Gasteiger partial charge in [0.25, 0.3) is 0 Å². The van der Waals surface area contributed by atoms with Gasteiger partial charge in [0, 0.05) is 19.6 Å². The number of nitrogens with zero attached hydrogens (tertiary/aromatic N) is 1. The van der Waals surface area contributed by atoms with Crippen LogP contribution in [0.4, 0.5) is 5.69 Å². The SMILES string of the molecule is COC1C(Cl)CC1Oc1ccc(C)cc1[N+](=O)[O-]. The molecule has 1 fully saturated rings. The largest absolute Gasteiger partial charge is 0.481 e. The Bertz CT molecular complexity index is 465. The van der Waals surface area contributed by atoms with Gasteiger partial charge in [0.05, 0.1) is 10.3 Å². The van der Waals surface area contributed by atoms with Gasteiger partial charge in [-0.25, -0.2) is 0 Å². The lowest BCUT2D eigenvalue weighted by molar-refractivity contribution is -0.386. The van der Waals surface area contributed by atoms with Crippen molar-refractivity contribution < 1.29 is 14.4 Å². The summed E-state index contributed by atoms with van der Waals surface area (Å²) in [6, 6.07) is 4.89. The maximum Gasteiger partial charge on any atom is 0.311 e. The third-order valence-electron chi connectivity index (χ3n) is 3.04. The van der Waals surface area contributed by atoms with E-state index in [4.69, 9.17) is 21.1 Å². The standard InChI is InChI=1S/C12H14ClNO4/c1-7-3-4-10(9(5-7)14(15)16)18-11-6-8(13)12(11)17-2/h3-5,8,11-12H,6H2,1-2H3. The molecule has 5 nitrogen and oxygen atoms in total. The predicted molar refractivity (Wildman–Crippen MR) is 67.3 cm³/mol. The number of ether oxygens (including phenoxy) is 2. The maximum absolute atomic E-state index is 10.9. The summed E-state index contributed by atoms with van der Waals surface area (Å²) < 4.78 is 10.8. The molecule has 0 bridgehead atoms. The highest BCUT2D eigenvalue weighted by molar-refractivity contribution is 6.21. The van der Waals surface area contributed by atoms with Crippen LogP contribution in [0.3, 0.4) is 0 Å². The zero-order valence-electron chi connectivity index (χ0n) is 10.1. The number of hydrogen-bond acceptors (Lipinski definition) is 4. The van der Waals surface area contributed by atoms with Crippen LogP contribution in [0, 0.1) is 17.0 Å². The average Bonchev–Trinajstić information content (AvgIpc) is 2.30. The lowest BCUT2D eigenvalue weighted by Crippen LogP contribution is -2.52. The minimum absolute atomic E-state index is 0.0251. The van der Waals surface area contributed by atoms with E-state index in [9.17, 15) is 10.1 Å². The predicted octanol–water partition coefficient (Wildman–Crippen LogP) is 2.68. The molecule has 1 aliphatic carbocycles. The summed E-state index contributed by atoms with van der Waals surface area (Å²) in [4.78, 5) is 10.5. The van der Waals surface area contributed by atoms with Crippen molar-refractivity contribution in [1.82, 2.24) is 0 Å². The van der Waals surface area contributed by atoms with Gasteiger partial charge in [-0.15, -0.1) is 11.6 Å². The summed E-state index contributed by atoms with van der Waals surface area (Å²) in [5.41, 5.74) is 0.795. The minimum atomic E-state index is -0.443. The van der Waals surface area contributed by atoms with Crippen molar-refractivity contribution in [2.24, 2.45) is 0 Å². The molecule has 0 N–H and O–H groups in total. The van der Waals surface area contributed by atoms with Crippen LogP contribution in [0.5, 0.6) is 5.75 Å². The Kier molecular flexibility index (Phi) is 3.73. The zero-order chi connectivity index (χ0) is 13.3. The van der Waals surface area contributed by atoms with Gasteiger partial charge in [0.15, 0.2) is 5.75 Å². The number of rotatable bonds is 4. The number of nitro groups is 1. The molecular formula is C12H14ClNO4. The quantitative estimate of drug-likeness (QED) is 0.480. The first-order chi connectivity index (χ1) is 8.52. The molecule has 1 saturated carbocycles. The lowest BCUT2D eigenvalue weighted by Gasteiger charge is -2.39. The van der Waals surface area contributed by atoms with Crippen LogP contribution in [-0.2, 0) is 4.74 Å². The first kappa shape index (κ1) is 13.1. The van der Waals surface area contributed by atoms with E-state index in [-0.39, 0.29) is 29.0 Å². The summed E-state index contributed by atoms with van der Waals surface area (Å²) in [6.45, 7) is 1.80. The van der Waals surface area contributed by atoms with Crippen LogP contribution in [-0.4, -0.2) is 29.6 Å². The molecule has 6 heteroatoms. The lowest BCUT2D eigenvalue weighted by atomic mass is 9.91. The Balaban J connectivity index is 2.17. The van der Waals surface area contributed by atoms with E-state index in [1.165, 1.54) is 6.07 Å². The van der Waals surface area contributed by atoms with Crippen molar-refractivity contribution in [3.05, 3.63) is 33.9 Å².